The molecule has 1 unspecified atom stereocenters. The van der Waals surface area contributed by atoms with E-state index >= 15 is 0 Å². The topological polar surface area (TPSA) is 20.3 Å². The van der Waals surface area contributed by atoms with Crippen molar-refractivity contribution in [3.05, 3.63) is 22.4 Å². The molecule has 1 saturated heterocycles. The van der Waals surface area contributed by atoms with Gasteiger partial charge in [-0.05, 0) is 23.8 Å². The third-order valence-electron chi connectivity index (χ3n) is 2.52. The van der Waals surface area contributed by atoms with Gasteiger partial charge in [-0.2, -0.15) is 0 Å². The van der Waals surface area contributed by atoms with Gasteiger partial charge in [0.05, 0.1) is 4.88 Å². The molecular formula is C10H12BrNOS. The third-order valence-corrected chi connectivity index (χ3v) is 4.30. The van der Waals surface area contributed by atoms with Gasteiger partial charge in [0, 0.05) is 18.4 Å². The molecule has 14 heavy (non-hydrogen) atoms. The van der Waals surface area contributed by atoms with E-state index in [1.807, 2.05) is 22.4 Å². The van der Waals surface area contributed by atoms with Crippen LogP contribution in [0.4, 0.5) is 0 Å². The van der Waals surface area contributed by atoms with Crippen molar-refractivity contribution in [1.29, 1.82) is 0 Å². The van der Waals surface area contributed by atoms with Gasteiger partial charge in [-0.1, -0.05) is 22.0 Å². The second-order valence-corrected chi connectivity index (χ2v) is 5.13. The van der Waals surface area contributed by atoms with Crippen molar-refractivity contribution in [3.63, 3.8) is 0 Å². The van der Waals surface area contributed by atoms with Crippen LogP contribution < -0.4 is 0 Å². The summed E-state index contributed by atoms with van der Waals surface area (Å²) in [4.78, 5) is 14.7. The van der Waals surface area contributed by atoms with Gasteiger partial charge in [0.25, 0.3) is 5.91 Å². The number of likely N-dealkylation sites (tertiary alicyclic amines) is 1. The number of carbonyl (C=O) groups excluding carboxylic acids is 1. The molecule has 0 saturated carbocycles. The molecule has 4 heteroatoms. The van der Waals surface area contributed by atoms with E-state index in [1.165, 1.54) is 11.3 Å². The molecule has 1 fully saturated rings. The Labute approximate surface area is 96.0 Å². The summed E-state index contributed by atoms with van der Waals surface area (Å²) in [6.45, 7) is 1.81. The molecule has 2 heterocycles. The summed E-state index contributed by atoms with van der Waals surface area (Å²) in [6.07, 6.45) is 1.13. The van der Waals surface area contributed by atoms with Crippen molar-refractivity contribution in [2.75, 3.05) is 18.4 Å². The van der Waals surface area contributed by atoms with Crippen molar-refractivity contribution in [1.82, 2.24) is 4.90 Å². The van der Waals surface area contributed by atoms with Crippen LogP contribution in [0.15, 0.2) is 17.5 Å². The number of halogens is 1. The van der Waals surface area contributed by atoms with Gasteiger partial charge < -0.3 is 4.90 Å². The fraction of sp³-hybridized carbons (Fsp3) is 0.500. The van der Waals surface area contributed by atoms with E-state index in [1.54, 1.807) is 0 Å². The first kappa shape index (κ1) is 10.2. The Bertz CT molecular complexity index is 312. The molecule has 0 N–H and O–H groups in total. The van der Waals surface area contributed by atoms with Crippen molar-refractivity contribution >= 4 is 33.2 Å². The first-order chi connectivity index (χ1) is 6.81. The molecule has 1 amide bonds. The van der Waals surface area contributed by atoms with E-state index in [2.05, 4.69) is 15.9 Å². The van der Waals surface area contributed by atoms with Crippen molar-refractivity contribution in [3.8, 4) is 0 Å². The number of hydrogen-bond acceptors (Lipinski definition) is 2. The summed E-state index contributed by atoms with van der Waals surface area (Å²) in [5.74, 6) is 0.836. The Balaban J connectivity index is 2.00. The molecule has 0 bridgehead atoms. The minimum Gasteiger partial charge on any atom is -0.338 e. The Hall–Kier alpha value is -0.350. The minimum absolute atomic E-state index is 0.198. The van der Waals surface area contributed by atoms with E-state index in [-0.39, 0.29) is 5.91 Å². The lowest BCUT2D eigenvalue weighted by Gasteiger charge is -2.14. The normalized spacial score (nSPS) is 21.5. The zero-order valence-corrected chi connectivity index (χ0v) is 10.2. The third kappa shape index (κ3) is 2.01. The summed E-state index contributed by atoms with van der Waals surface area (Å²) >= 11 is 4.99. The average molecular weight is 274 g/mol. The SMILES string of the molecule is O=C(c1cccs1)N1CCC(CBr)C1. The molecule has 0 radical (unpaired) electrons. The molecule has 1 aliphatic heterocycles. The molecule has 1 aliphatic rings. The van der Waals surface area contributed by atoms with Crippen molar-refractivity contribution < 1.29 is 4.79 Å². The lowest BCUT2D eigenvalue weighted by atomic mass is 10.2. The van der Waals surface area contributed by atoms with Crippen molar-refractivity contribution in [2.45, 2.75) is 6.42 Å². The van der Waals surface area contributed by atoms with Crippen LogP contribution in [0.25, 0.3) is 0 Å². The van der Waals surface area contributed by atoms with Gasteiger partial charge >= 0.3 is 0 Å². The largest absolute Gasteiger partial charge is 0.338 e. The standard InChI is InChI=1S/C10H12BrNOS/c11-6-8-3-4-12(7-8)10(13)9-2-1-5-14-9/h1-2,5,8H,3-4,6-7H2. The maximum atomic E-state index is 11.9. The van der Waals surface area contributed by atoms with Gasteiger partial charge in [-0.15, -0.1) is 11.3 Å². The molecule has 0 spiro atoms. The van der Waals surface area contributed by atoms with Crippen LogP contribution in [-0.2, 0) is 0 Å². The number of nitrogens with zero attached hydrogens (tertiary/aromatic N) is 1. The molecule has 0 aliphatic carbocycles. The first-order valence-electron chi connectivity index (χ1n) is 4.70. The Morgan fingerprint density at radius 3 is 3.14 bits per heavy atom. The van der Waals surface area contributed by atoms with Crippen LogP contribution in [0.2, 0.25) is 0 Å². The highest BCUT2D eigenvalue weighted by molar-refractivity contribution is 9.09. The zero-order valence-electron chi connectivity index (χ0n) is 7.78. The predicted octanol–water partition coefficient (Wildman–Crippen LogP) is 2.61. The fourth-order valence-corrected chi connectivity index (χ4v) is 2.92. The van der Waals surface area contributed by atoms with Crippen LogP contribution in [0.1, 0.15) is 16.1 Å². The minimum atomic E-state index is 0.198. The second-order valence-electron chi connectivity index (χ2n) is 3.54. The van der Waals surface area contributed by atoms with E-state index < -0.39 is 0 Å². The Morgan fingerprint density at radius 2 is 2.57 bits per heavy atom. The summed E-state index contributed by atoms with van der Waals surface area (Å²) in [5, 5.41) is 2.95. The van der Waals surface area contributed by atoms with Gasteiger partial charge in [-0.3, -0.25) is 4.79 Å². The van der Waals surface area contributed by atoms with Crippen LogP contribution in [0.5, 0.6) is 0 Å². The molecule has 2 rings (SSSR count). The van der Waals surface area contributed by atoms with Crippen LogP contribution in [0, 0.1) is 5.92 Å². The van der Waals surface area contributed by atoms with Gasteiger partial charge in [0.1, 0.15) is 0 Å². The molecule has 0 aromatic carbocycles. The smallest absolute Gasteiger partial charge is 0.263 e. The predicted molar refractivity (Wildman–Crippen MR) is 62.1 cm³/mol. The first-order valence-corrected chi connectivity index (χ1v) is 6.70. The van der Waals surface area contributed by atoms with Crippen LogP contribution >= 0.6 is 27.3 Å². The highest BCUT2D eigenvalue weighted by Gasteiger charge is 2.26. The summed E-state index contributed by atoms with van der Waals surface area (Å²) in [7, 11) is 0. The molecule has 76 valence electrons. The molecule has 1 aromatic heterocycles. The molecule has 2 nitrogen and oxygen atoms in total. The highest BCUT2D eigenvalue weighted by atomic mass is 79.9. The zero-order chi connectivity index (χ0) is 9.97. The monoisotopic (exact) mass is 273 g/mol. The van der Waals surface area contributed by atoms with Gasteiger partial charge in [0.15, 0.2) is 0 Å². The lowest BCUT2D eigenvalue weighted by Crippen LogP contribution is -2.28. The molecular weight excluding hydrogens is 262 g/mol. The molecule has 1 atom stereocenters. The molecule has 1 aromatic rings. The summed E-state index contributed by atoms with van der Waals surface area (Å²) < 4.78 is 0. The average Bonchev–Trinajstić information content (AvgIpc) is 2.88. The number of thiophene rings is 1. The number of rotatable bonds is 2. The number of hydrogen-bond donors (Lipinski definition) is 0. The Morgan fingerprint density at radius 1 is 1.71 bits per heavy atom. The fourth-order valence-electron chi connectivity index (χ4n) is 1.70. The second kappa shape index (κ2) is 4.45. The maximum absolute atomic E-state index is 11.9. The van der Waals surface area contributed by atoms with E-state index in [4.69, 9.17) is 0 Å². The maximum Gasteiger partial charge on any atom is 0.263 e. The highest BCUT2D eigenvalue weighted by Crippen LogP contribution is 2.21. The van der Waals surface area contributed by atoms with E-state index in [0.29, 0.717) is 5.92 Å². The van der Waals surface area contributed by atoms with E-state index in [0.717, 1.165) is 29.7 Å². The van der Waals surface area contributed by atoms with Crippen LogP contribution in [0.3, 0.4) is 0 Å². The Kier molecular flexibility index (Phi) is 3.23. The van der Waals surface area contributed by atoms with Gasteiger partial charge in [-0.25, -0.2) is 0 Å². The number of alkyl halides is 1. The van der Waals surface area contributed by atoms with E-state index in [9.17, 15) is 4.79 Å². The van der Waals surface area contributed by atoms with Crippen molar-refractivity contribution in [2.24, 2.45) is 5.92 Å². The summed E-state index contributed by atoms with van der Waals surface area (Å²) in [6, 6.07) is 3.82. The van der Waals surface area contributed by atoms with Crippen LogP contribution in [-0.4, -0.2) is 29.2 Å². The lowest BCUT2D eigenvalue weighted by molar-refractivity contribution is 0.0793. The van der Waals surface area contributed by atoms with Gasteiger partial charge in [0.2, 0.25) is 0 Å². The quantitative estimate of drug-likeness (QED) is 0.759. The number of amides is 1. The number of carbonyl (C=O) groups is 1. The summed E-state index contributed by atoms with van der Waals surface area (Å²) in [5.41, 5.74) is 0.